The number of benzene rings is 1. The molecule has 6 rings (SSSR count). The fraction of sp³-hybridized carbons (Fsp3) is 0.680. The fourth-order valence-corrected chi connectivity index (χ4v) is 15.3. The molecule has 0 amide bonds. The number of rotatable bonds is 7. The molecule has 1 saturated carbocycles. The zero-order valence-electron chi connectivity index (χ0n) is 36.5. The molecule has 0 saturated heterocycles. The highest BCUT2D eigenvalue weighted by atomic mass is 28.3. The van der Waals surface area contributed by atoms with Gasteiger partial charge in [0.1, 0.15) is 12.4 Å². The van der Waals surface area contributed by atoms with Crippen LogP contribution < -0.4 is 4.74 Å². The van der Waals surface area contributed by atoms with Crippen LogP contribution >= 0.6 is 0 Å². The summed E-state index contributed by atoms with van der Waals surface area (Å²) < 4.78 is 6.96. The summed E-state index contributed by atoms with van der Waals surface area (Å²) in [5.74, 6) is 2.71. The van der Waals surface area contributed by atoms with E-state index in [1.165, 1.54) is 54.5 Å². The van der Waals surface area contributed by atoms with Crippen LogP contribution in [0.1, 0.15) is 165 Å². The van der Waals surface area contributed by atoms with Crippen LogP contribution in [0.3, 0.4) is 0 Å². The van der Waals surface area contributed by atoms with E-state index in [4.69, 9.17) is 4.74 Å². The number of hydrogen-bond donors (Lipinski definition) is 0. The predicted molar refractivity (Wildman–Crippen MR) is 230 cm³/mol. The highest BCUT2D eigenvalue weighted by Crippen LogP contribution is 2.71. The molecule has 0 aromatic heterocycles. The van der Waals surface area contributed by atoms with E-state index in [1.807, 2.05) is 22.8 Å². The Morgan fingerprint density at radius 1 is 0.788 bits per heavy atom. The summed E-state index contributed by atoms with van der Waals surface area (Å²) in [6.07, 6.45) is 13.4. The number of hydrogen-bond acceptors (Lipinski definition) is 1. The van der Waals surface area contributed by atoms with E-state index >= 15 is 0 Å². The van der Waals surface area contributed by atoms with Gasteiger partial charge in [-0.25, -0.2) is 0 Å². The van der Waals surface area contributed by atoms with Crippen LogP contribution in [0, 0.1) is 33.5 Å². The summed E-state index contributed by atoms with van der Waals surface area (Å²) in [6.45, 7) is 44.6. The monoisotopic (exact) mass is 721 g/mol. The summed E-state index contributed by atoms with van der Waals surface area (Å²) in [6, 6.07) is 7.87. The van der Waals surface area contributed by atoms with Gasteiger partial charge in [-0.05, 0) is 99.0 Å². The Labute approximate surface area is 322 Å². The maximum atomic E-state index is 6.96. The second-order valence-electron chi connectivity index (χ2n) is 22.6. The maximum absolute atomic E-state index is 6.96. The smallest absolute Gasteiger partial charge is 0.127 e. The third-order valence-electron chi connectivity index (χ3n) is 14.4. The van der Waals surface area contributed by atoms with Crippen LogP contribution in [0.2, 0.25) is 17.6 Å². The van der Waals surface area contributed by atoms with E-state index < -0.39 is 8.80 Å². The van der Waals surface area contributed by atoms with Crippen LogP contribution in [0.25, 0.3) is 0 Å². The molecule has 5 aliphatic carbocycles. The first-order chi connectivity index (χ1) is 23.9. The first-order valence-electron chi connectivity index (χ1n) is 21.2. The van der Waals surface area contributed by atoms with Crippen molar-refractivity contribution in [3.63, 3.8) is 0 Å². The summed E-state index contributed by atoms with van der Waals surface area (Å²) in [5.41, 5.74) is 16.4. The van der Waals surface area contributed by atoms with Crippen LogP contribution in [0.5, 0.6) is 5.75 Å². The van der Waals surface area contributed by atoms with Gasteiger partial charge in [0.25, 0.3) is 0 Å². The Morgan fingerprint density at radius 2 is 1.40 bits per heavy atom. The molecular formula is C50H76OSi. The first kappa shape index (κ1) is 39.6. The van der Waals surface area contributed by atoms with Crippen LogP contribution in [0.15, 0.2) is 70.4 Å². The quantitative estimate of drug-likeness (QED) is 0.201. The van der Waals surface area contributed by atoms with Crippen LogP contribution in [-0.2, 0) is 10.8 Å². The predicted octanol–water partition coefficient (Wildman–Crippen LogP) is 14.4. The van der Waals surface area contributed by atoms with Crippen molar-refractivity contribution in [1.29, 1.82) is 0 Å². The average molecular weight is 721 g/mol. The van der Waals surface area contributed by atoms with Gasteiger partial charge in [-0.3, -0.25) is 0 Å². The Bertz CT molecular complexity index is 1730. The van der Waals surface area contributed by atoms with Crippen molar-refractivity contribution in [2.75, 3.05) is 6.61 Å². The lowest BCUT2D eigenvalue weighted by molar-refractivity contribution is 0.185. The standard InChI is InChI=1S/C50H76OSi/c1-18-25-51-43-33(26-31(45(4,5)6)27-37(43)46(7,8)9)35-29-48(12,13)30-36-38(35)40-39(44(36)52(19-2)20-3)34-28-47(10,11)22-21-32(34)41-42(40)50(16,17)24-23-49(41,14)15/h18,23-24,26-27,34-35,39,44,52H,1,19-22,25,28-30H2,2-17H3. The minimum absolute atomic E-state index is 0.00460. The van der Waals surface area contributed by atoms with Gasteiger partial charge in [0.2, 0.25) is 0 Å². The zero-order valence-corrected chi connectivity index (χ0v) is 37.7. The second kappa shape index (κ2) is 13.0. The van der Waals surface area contributed by atoms with E-state index in [0.717, 1.165) is 17.7 Å². The van der Waals surface area contributed by atoms with E-state index in [-0.39, 0.29) is 27.1 Å². The van der Waals surface area contributed by atoms with Crippen molar-refractivity contribution >= 4 is 8.80 Å². The highest BCUT2D eigenvalue weighted by molar-refractivity contribution is 6.61. The Kier molecular flexibility index (Phi) is 9.92. The van der Waals surface area contributed by atoms with Gasteiger partial charge >= 0.3 is 0 Å². The highest BCUT2D eigenvalue weighted by Gasteiger charge is 2.58. The summed E-state index contributed by atoms with van der Waals surface area (Å²) in [5, 5.41) is 0. The molecule has 0 spiro atoms. The van der Waals surface area contributed by atoms with Gasteiger partial charge in [0.05, 0.1) is 0 Å². The molecule has 0 N–H and O–H groups in total. The third kappa shape index (κ3) is 6.66. The first-order valence-corrected chi connectivity index (χ1v) is 23.5. The number of fused-ring (bicyclic) bond motifs is 5. The molecule has 5 aliphatic rings. The SMILES string of the molecule is C=CCOc1c(C2CC(C)(C)CC3=C2C2=C4C(=C5CCC(C)(C)CC5C2C3[SiH](CC)CC)C(C)(C)C=CC4(C)C)cc(C(C)(C)C)cc1C(C)(C)C. The molecule has 52 heavy (non-hydrogen) atoms. The number of allylic oxidation sites excluding steroid dienone is 8. The molecule has 4 unspecified atom stereocenters. The van der Waals surface area contributed by atoms with Gasteiger partial charge in [-0.1, -0.05) is 171 Å². The molecule has 1 nitrogen and oxygen atoms in total. The molecule has 286 valence electrons. The van der Waals surface area contributed by atoms with Gasteiger partial charge in [-0.15, -0.1) is 0 Å². The molecule has 1 aromatic rings. The van der Waals surface area contributed by atoms with Crippen molar-refractivity contribution in [2.45, 2.75) is 177 Å². The van der Waals surface area contributed by atoms with E-state index in [1.54, 1.807) is 16.7 Å². The van der Waals surface area contributed by atoms with Crippen molar-refractivity contribution in [3.8, 4) is 5.75 Å². The molecule has 1 aromatic carbocycles. The second-order valence-corrected chi connectivity index (χ2v) is 26.5. The molecule has 2 heteroatoms. The molecule has 0 bridgehead atoms. The lowest BCUT2D eigenvalue weighted by Crippen LogP contribution is -2.42. The van der Waals surface area contributed by atoms with Gasteiger partial charge in [-0.2, -0.15) is 0 Å². The molecule has 0 radical (unpaired) electrons. The Hall–Kier alpha value is -2.06. The van der Waals surface area contributed by atoms with E-state index in [2.05, 4.69) is 142 Å². The van der Waals surface area contributed by atoms with E-state index in [9.17, 15) is 0 Å². The third-order valence-corrected chi connectivity index (χ3v) is 18.3. The summed E-state index contributed by atoms with van der Waals surface area (Å²) in [7, 11) is -1.13. The lowest BCUT2D eigenvalue weighted by Gasteiger charge is -2.53. The molecule has 0 heterocycles. The minimum Gasteiger partial charge on any atom is -0.489 e. The Morgan fingerprint density at radius 3 is 1.96 bits per heavy atom. The fourth-order valence-electron chi connectivity index (χ4n) is 11.8. The normalized spacial score (nSPS) is 28.8. The van der Waals surface area contributed by atoms with E-state index in [0.29, 0.717) is 29.8 Å². The van der Waals surface area contributed by atoms with Gasteiger partial charge < -0.3 is 4.74 Å². The molecule has 4 atom stereocenters. The largest absolute Gasteiger partial charge is 0.489 e. The van der Waals surface area contributed by atoms with Crippen molar-refractivity contribution in [3.05, 3.63) is 87.1 Å². The topological polar surface area (TPSA) is 9.23 Å². The lowest BCUT2D eigenvalue weighted by atomic mass is 9.52. The molecule has 0 aliphatic heterocycles. The van der Waals surface area contributed by atoms with Gasteiger partial charge in [0.15, 0.2) is 0 Å². The maximum Gasteiger partial charge on any atom is 0.127 e. The van der Waals surface area contributed by atoms with Crippen LogP contribution in [0.4, 0.5) is 0 Å². The van der Waals surface area contributed by atoms with Crippen molar-refractivity contribution in [1.82, 2.24) is 0 Å². The average Bonchev–Trinajstić information content (AvgIpc) is 3.34. The summed E-state index contributed by atoms with van der Waals surface area (Å²) in [4.78, 5) is 0. The summed E-state index contributed by atoms with van der Waals surface area (Å²) >= 11 is 0. The minimum atomic E-state index is -1.13. The van der Waals surface area contributed by atoms with Crippen molar-refractivity contribution in [2.24, 2.45) is 33.5 Å². The van der Waals surface area contributed by atoms with Gasteiger partial charge in [0, 0.05) is 36.7 Å². The Balaban J connectivity index is 1.78. The van der Waals surface area contributed by atoms with Crippen LogP contribution in [-0.4, -0.2) is 15.4 Å². The molecular weight excluding hydrogens is 645 g/mol. The zero-order chi connectivity index (χ0) is 38.6. The number of ether oxygens (including phenoxy) is 1. The van der Waals surface area contributed by atoms with Crippen molar-refractivity contribution < 1.29 is 4.74 Å². The molecule has 1 fully saturated rings.